The molecule has 2 aromatic carbocycles. The van der Waals surface area contributed by atoms with E-state index in [1.165, 1.54) is 19.2 Å². The number of carboxylic acid groups (broad SMARTS) is 1. The second-order valence-corrected chi connectivity index (χ2v) is 11.7. The number of carbonyl (C=O) groups excluding carboxylic acids is 2. The number of benzene rings is 2. The van der Waals surface area contributed by atoms with Crippen LogP contribution in [0.25, 0.3) is 21.3 Å². The van der Waals surface area contributed by atoms with Crippen molar-refractivity contribution in [2.24, 2.45) is 0 Å². The maximum atomic E-state index is 13.1. The summed E-state index contributed by atoms with van der Waals surface area (Å²) in [6.45, 7) is -0.414. The van der Waals surface area contributed by atoms with Gasteiger partial charge >= 0.3 is 5.97 Å². The summed E-state index contributed by atoms with van der Waals surface area (Å²) in [6.07, 6.45) is 1.79. The van der Waals surface area contributed by atoms with Crippen LogP contribution in [0.15, 0.2) is 42.5 Å². The molecule has 0 bridgehead atoms. The van der Waals surface area contributed by atoms with Crippen LogP contribution in [0.2, 0.25) is 0 Å². The van der Waals surface area contributed by atoms with Crippen molar-refractivity contribution in [3.05, 3.63) is 53.0 Å². The van der Waals surface area contributed by atoms with Gasteiger partial charge in [0.15, 0.2) is 15.1 Å². The van der Waals surface area contributed by atoms with Crippen LogP contribution in [0.1, 0.15) is 33.5 Å². The summed E-state index contributed by atoms with van der Waals surface area (Å²) < 4.78 is 31.8. The van der Waals surface area contributed by atoms with Gasteiger partial charge in [0.2, 0.25) is 11.8 Å². The van der Waals surface area contributed by atoms with Crippen molar-refractivity contribution in [3.63, 3.8) is 0 Å². The second-order valence-electron chi connectivity index (χ2n) is 8.42. The van der Waals surface area contributed by atoms with Gasteiger partial charge in [-0.1, -0.05) is 18.2 Å². The third-order valence-electron chi connectivity index (χ3n) is 5.63. The Labute approximate surface area is 211 Å². The highest BCUT2D eigenvalue weighted by Crippen LogP contribution is 2.34. The Balaban J connectivity index is 1.62. The van der Waals surface area contributed by atoms with E-state index in [1.807, 2.05) is 6.07 Å². The third kappa shape index (κ3) is 6.07. The molecule has 1 heterocycles. The van der Waals surface area contributed by atoms with Crippen molar-refractivity contribution in [1.29, 1.82) is 0 Å². The molecule has 3 N–H and O–H groups in total. The molecule has 2 amide bonds. The monoisotopic (exact) mass is 531 g/mol. The molecule has 10 nitrogen and oxygen atoms in total. The molecule has 0 radical (unpaired) electrons. The Morgan fingerprint density at radius 2 is 1.83 bits per heavy atom. The molecule has 3 aromatic rings. The molecule has 1 saturated carbocycles. The summed E-state index contributed by atoms with van der Waals surface area (Å²) in [6, 6.07) is 11.8. The minimum Gasteiger partial charge on any atom is -0.478 e. The maximum Gasteiger partial charge on any atom is 0.335 e. The molecule has 4 rings (SSSR count). The van der Waals surface area contributed by atoms with E-state index in [2.05, 4.69) is 15.6 Å². The first kappa shape index (κ1) is 25.7. The standard InChI is InChI=1S/C24H25N3O7S2/c1-34-10-11-36(32,33)21(22(29)25-13-20(28)26-17-7-8-17)23-27-18-9-6-16(12-19(18)35-23)14-2-4-15(5-3-14)24(30)31/h2-6,9,12,17,21H,7-8,10-11,13H2,1H3,(H,25,29)(H,26,28)(H,30,31). The van der Waals surface area contributed by atoms with Gasteiger partial charge < -0.3 is 20.5 Å². The van der Waals surface area contributed by atoms with Gasteiger partial charge in [0.05, 0.1) is 34.7 Å². The number of amides is 2. The SMILES string of the molecule is COCCS(=O)(=O)C(C(=O)NCC(=O)NC1CC1)c1nc2ccc(-c3ccc(C(=O)O)cc3)cc2s1. The number of sulfone groups is 1. The summed E-state index contributed by atoms with van der Waals surface area (Å²) in [5.74, 6) is -2.59. The number of nitrogens with one attached hydrogen (secondary N) is 2. The number of fused-ring (bicyclic) bond motifs is 1. The van der Waals surface area contributed by atoms with Gasteiger partial charge in [0, 0.05) is 13.2 Å². The van der Waals surface area contributed by atoms with Gasteiger partial charge in [-0.05, 0) is 48.2 Å². The highest BCUT2D eigenvalue weighted by atomic mass is 32.2. The van der Waals surface area contributed by atoms with Gasteiger partial charge in [0.25, 0.3) is 0 Å². The van der Waals surface area contributed by atoms with Crippen LogP contribution in [0, 0.1) is 0 Å². The van der Waals surface area contributed by atoms with E-state index in [0.29, 0.717) is 10.2 Å². The average molecular weight is 532 g/mol. The number of aromatic carboxylic acids is 1. The fourth-order valence-corrected chi connectivity index (χ4v) is 6.53. The average Bonchev–Trinajstić information content (AvgIpc) is 3.56. The van der Waals surface area contributed by atoms with Crippen LogP contribution >= 0.6 is 11.3 Å². The second kappa shape index (κ2) is 10.7. The minimum atomic E-state index is -3.99. The minimum absolute atomic E-state index is 0.0876. The van der Waals surface area contributed by atoms with Crippen molar-refractivity contribution in [2.75, 3.05) is 26.0 Å². The molecule has 0 saturated heterocycles. The lowest BCUT2D eigenvalue weighted by Crippen LogP contribution is -2.41. The highest BCUT2D eigenvalue weighted by molar-refractivity contribution is 7.92. The van der Waals surface area contributed by atoms with E-state index in [0.717, 1.165) is 35.3 Å². The molecular formula is C24H25N3O7S2. The summed E-state index contributed by atoms with van der Waals surface area (Å²) in [7, 11) is -2.62. The Hall–Kier alpha value is -3.35. The number of carbonyl (C=O) groups is 3. The lowest BCUT2D eigenvalue weighted by molar-refractivity contribution is -0.126. The van der Waals surface area contributed by atoms with Crippen LogP contribution < -0.4 is 10.6 Å². The van der Waals surface area contributed by atoms with Crippen molar-refractivity contribution in [1.82, 2.24) is 15.6 Å². The molecule has 12 heteroatoms. The van der Waals surface area contributed by atoms with Crippen LogP contribution in [0.4, 0.5) is 0 Å². The zero-order chi connectivity index (χ0) is 25.9. The third-order valence-corrected chi connectivity index (χ3v) is 8.75. The van der Waals surface area contributed by atoms with Crippen LogP contribution in [0.3, 0.4) is 0 Å². The lowest BCUT2D eigenvalue weighted by Gasteiger charge is -2.15. The summed E-state index contributed by atoms with van der Waals surface area (Å²) in [5, 5.41) is 12.8. The number of nitrogens with zero attached hydrogens (tertiary/aromatic N) is 1. The largest absolute Gasteiger partial charge is 0.478 e. The Bertz CT molecular complexity index is 1400. The van der Waals surface area contributed by atoms with Gasteiger partial charge in [-0.2, -0.15) is 0 Å². The van der Waals surface area contributed by atoms with E-state index >= 15 is 0 Å². The molecule has 1 unspecified atom stereocenters. The van der Waals surface area contributed by atoms with Gasteiger partial charge in [-0.25, -0.2) is 18.2 Å². The molecule has 1 fully saturated rings. The fourth-order valence-electron chi connectivity index (χ4n) is 3.55. The van der Waals surface area contributed by atoms with E-state index in [1.54, 1.807) is 24.3 Å². The van der Waals surface area contributed by atoms with Crippen molar-refractivity contribution in [2.45, 2.75) is 24.1 Å². The molecule has 0 spiro atoms. The number of hydrogen-bond donors (Lipinski definition) is 3. The summed E-state index contributed by atoms with van der Waals surface area (Å²) in [5.41, 5.74) is 2.25. The molecule has 1 aromatic heterocycles. The first-order chi connectivity index (χ1) is 17.2. The molecule has 36 heavy (non-hydrogen) atoms. The van der Waals surface area contributed by atoms with E-state index in [4.69, 9.17) is 9.84 Å². The van der Waals surface area contributed by atoms with E-state index in [-0.39, 0.29) is 41.4 Å². The van der Waals surface area contributed by atoms with E-state index in [9.17, 15) is 22.8 Å². The first-order valence-electron chi connectivity index (χ1n) is 11.2. The zero-order valence-corrected chi connectivity index (χ0v) is 21.0. The number of ether oxygens (including phenoxy) is 1. The predicted octanol–water partition coefficient (Wildman–Crippen LogP) is 2.16. The lowest BCUT2D eigenvalue weighted by atomic mass is 10.0. The molecule has 1 aliphatic rings. The van der Waals surface area contributed by atoms with Crippen molar-refractivity contribution < 1.29 is 32.6 Å². The molecule has 0 aliphatic heterocycles. The Kier molecular flexibility index (Phi) is 7.67. The van der Waals surface area contributed by atoms with Crippen molar-refractivity contribution in [3.8, 4) is 11.1 Å². The molecule has 190 valence electrons. The van der Waals surface area contributed by atoms with Crippen LogP contribution in [0.5, 0.6) is 0 Å². The zero-order valence-electron chi connectivity index (χ0n) is 19.4. The first-order valence-corrected chi connectivity index (χ1v) is 13.7. The summed E-state index contributed by atoms with van der Waals surface area (Å²) in [4.78, 5) is 40.6. The predicted molar refractivity (Wildman–Crippen MR) is 135 cm³/mol. The van der Waals surface area contributed by atoms with Gasteiger partial charge in [0.1, 0.15) is 5.01 Å². The normalized spacial score (nSPS) is 14.4. The quantitative estimate of drug-likeness (QED) is 0.340. The van der Waals surface area contributed by atoms with Crippen LogP contribution in [-0.2, 0) is 24.2 Å². The number of rotatable bonds is 11. The van der Waals surface area contributed by atoms with Crippen molar-refractivity contribution >= 4 is 49.2 Å². The summed E-state index contributed by atoms with van der Waals surface area (Å²) >= 11 is 1.08. The smallest absolute Gasteiger partial charge is 0.335 e. The maximum absolute atomic E-state index is 13.1. The highest BCUT2D eigenvalue weighted by Gasteiger charge is 2.37. The number of carboxylic acids is 1. The van der Waals surface area contributed by atoms with Crippen LogP contribution in [-0.4, -0.2) is 68.3 Å². The fraction of sp³-hybridized carbons (Fsp3) is 0.333. The number of thiazole rings is 1. The topological polar surface area (TPSA) is 152 Å². The molecule has 1 aliphatic carbocycles. The van der Waals surface area contributed by atoms with E-state index < -0.39 is 27.0 Å². The molecular weight excluding hydrogens is 506 g/mol. The Morgan fingerprint density at radius 1 is 1.14 bits per heavy atom. The number of hydrogen-bond acceptors (Lipinski definition) is 8. The number of methoxy groups -OCH3 is 1. The van der Waals surface area contributed by atoms with Gasteiger partial charge in [-0.15, -0.1) is 11.3 Å². The number of aromatic nitrogens is 1. The molecule has 1 atom stereocenters. The van der Waals surface area contributed by atoms with Gasteiger partial charge in [-0.3, -0.25) is 9.59 Å². The Morgan fingerprint density at radius 3 is 2.47 bits per heavy atom.